The Bertz CT molecular complexity index is 445. The summed E-state index contributed by atoms with van der Waals surface area (Å²) in [6.07, 6.45) is 0.781. The van der Waals surface area contributed by atoms with Gasteiger partial charge in [-0.25, -0.2) is 4.98 Å². The first-order valence-electron chi connectivity index (χ1n) is 3.35. The van der Waals surface area contributed by atoms with Crippen molar-refractivity contribution in [3.05, 3.63) is 12.3 Å². The Morgan fingerprint density at radius 2 is 1.93 bits per heavy atom. The second kappa shape index (κ2) is 4.54. The van der Waals surface area contributed by atoms with Gasteiger partial charge < -0.3 is 12.9 Å². The first-order chi connectivity index (χ1) is 6.07. The van der Waals surface area contributed by atoms with Crippen LogP contribution in [0.1, 0.15) is 0 Å². The van der Waals surface area contributed by atoms with E-state index in [1.54, 1.807) is 0 Å². The van der Waals surface area contributed by atoms with E-state index in [2.05, 4.69) is 13.7 Å². The van der Waals surface area contributed by atoms with E-state index in [4.69, 9.17) is 0 Å². The van der Waals surface area contributed by atoms with Gasteiger partial charge in [-0.1, -0.05) is 11.5 Å². The van der Waals surface area contributed by atoms with Gasteiger partial charge in [0.05, 0.1) is 11.7 Å². The first-order valence-corrected chi connectivity index (χ1v) is 4.08. The number of halogens is 3. The van der Waals surface area contributed by atoms with Crippen LogP contribution in [-0.4, -0.2) is 20.7 Å². The van der Waals surface area contributed by atoms with Crippen molar-refractivity contribution in [1.82, 2.24) is 13.7 Å². The molecule has 0 aliphatic heterocycles. The van der Waals surface area contributed by atoms with Crippen LogP contribution in [-0.2, 0) is 0 Å². The van der Waals surface area contributed by atoms with E-state index < -0.39 is 12.4 Å². The summed E-state index contributed by atoms with van der Waals surface area (Å²) in [5, 5.41) is 0. The average molecular weight is 243 g/mol. The van der Waals surface area contributed by atoms with Crippen LogP contribution < -0.4 is 56.8 Å². The van der Waals surface area contributed by atoms with Crippen molar-refractivity contribution in [2.45, 2.75) is 0 Å². The fourth-order valence-electron chi connectivity index (χ4n) is 0.881. The molecule has 0 saturated heterocycles. The van der Waals surface area contributed by atoms with E-state index in [9.17, 15) is 12.9 Å². The monoisotopic (exact) mass is 243 g/mol. The maximum absolute atomic E-state index is 12.2. The maximum Gasteiger partial charge on any atom is 1.00 e. The maximum atomic E-state index is 12.2. The Morgan fingerprint density at radius 3 is 2.57 bits per heavy atom. The third-order valence-corrected chi connectivity index (χ3v) is 2.05. The molecule has 14 heavy (non-hydrogen) atoms. The SMILES string of the molecule is F[B-](F)(F)c1cnc2nsnc2c1.[K+]. The topological polar surface area (TPSA) is 38.7 Å². The zero-order valence-electron chi connectivity index (χ0n) is 7.12. The van der Waals surface area contributed by atoms with Crippen LogP contribution in [0, 0.1) is 0 Å². The molecule has 0 aromatic carbocycles. The summed E-state index contributed by atoms with van der Waals surface area (Å²) in [7, 11) is 0. The normalized spacial score (nSPS) is 11.4. The fraction of sp³-hybridized carbons (Fsp3) is 0. The molecular weight excluding hydrogens is 241 g/mol. The van der Waals surface area contributed by atoms with Gasteiger partial charge in [0, 0.05) is 6.20 Å². The molecule has 0 saturated carbocycles. The number of aromatic nitrogens is 3. The summed E-state index contributed by atoms with van der Waals surface area (Å²) in [6, 6.07) is 0.964. The van der Waals surface area contributed by atoms with Gasteiger partial charge in [0.25, 0.3) is 0 Å². The van der Waals surface area contributed by atoms with Crippen LogP contribution >= 0.6 is 11.7 Å². The van der Waals surface area contributed by atoms with E-state index in [1.165, 1.54) is 0 Å². The van der Waals surface area contributed by atoms with E-state index in [0.717, 1.165) is 24.0 Å². The minimum Gasteiger partial charge on any atom is -0.445 e. The fourth-order valence-corrected chi connectivity index (χ4v) is 1.36. The summed E-state index contributed by atoms with van der Waals surface area (Å²) >= 11 is 0.849. The molecule has 0 N–H and O–H groups in total. The average Bonchev–Trinajstić information content (AvgIpc) is 2.47. The Morgan fingerprint density at radius 1 is 1.21 bits per heavy atom. The van der Waals surface area contributed by atoms with Gasteiger partial charge in [-0.15, -0.1) is 0 Å². The van der Waals surface area contributed by atoms with Crippen LogP contribution in [0.4, 0.5) is 12.9 Å². The van der Waals surface area contributed by atoms with Crippen LogP contribution in [0.5, 0.6) is 0 Å². The second-order valence-corrected chi connectivity index (χ2v) is 2.98. The van der Waals surface area contributed by atoms with Crippen molar-refractivity contribution in [3.63, 3.8) is 0 Å². The molecule has 2 rings (SSSR count). The molecule has 0 aliphatic rings. The first kappa shape index (κ1) is 12.5. The molecule has 0 spiro atoms. The Hall–Kier alpha value is 0.461. The van der Waals surface area contributed by atoms with Gasteiger partial charge >= 0.3 is 58.4 Å². The molecule has 2 aromatic heterocycles. The zero-order chi connectivity index (χ0) is 9.47. The molecule has 0 aliphatic carbocycles. The van der Waals surface area contributed by atoms with Crippen LogP contribution in [0.25, 0.3) is 11.2 Å². The Balaban J connectivity index is 0.000000980. The molecule has 2 aromatic rings. The van der Waals surface area contributed by atoms with Gasteiger partial charge in [-0.2, -0.15) is 8.75 Å². The number of pyridine rings is 1. The number of fused-ring (bicyclic) bond motifs is 1. The number of rotatable bonds is 1. The second-order valence-electron chi connectivity index (χ2n) is 2.45. The van der Waals surface area contributed by atoms with Crippen molar-refractivity contribution in [2.24, 2.45) is 0 Å². The molecule has 0 radical (unpaired) electrons. The van der Waals surface area contributed by atoms with E-state index in [0.29, 0.717) is 0 Å². The van der Waals surface area contributed by atoms with Gasteiger partial charge in [0.15, 0.2) is 5.65 Å². The standard InChI is InChI=1S/C5H2BF3N3S.K/c7-6(8,9)3-1-4-5(10-2-3)12-13-11-4;/h1-2H;/q-1;+1. The molecule has 9 heteroatoms. The predicted molar refractivity (Wildman–Crippen MR) is 43.9 cm³/mol. The van der Waals surface area contributed by atoms with Gasteiger partial charge in [-0.05, 0) is 0 Å². The summed E-state index contributed by atoms with van der Waals surface area (Å²) in [6.45, 7) is -4.99. The van der Waals surface area contributed by atoms with Crippen molar-refractivity contribution in [3.8, 4) is 0 Å². The van der Waals surface area contributed by atoms with Crippen molar-refractivity contribution in [2.75, 3.05) is 0 Å². The summed E-state index contributed by atoms with van der Waals surface area (Å²) in [5.41, 5.74) is -0.282. The van der Waals surface area contributed by atoms with Crippen molar-refractivity contribution in [1.29, 1.82) is 0 Å². The molecule has 68 valence electrons. The van der Waals surface area contributed by atoms with Gasteiger partial charge in [0.1, 0.15) is 5.52 Å². The molecule has 0 amide bonds. The molecule has 2 heterocycles. The smallest absolute Gasteiger partial charge is 0.445 e. The molecule has 3 nitrogen and oxygen atoms in total. The zero-order valence-corrected chi connectivity index (χ0v) is 11.1. The van der Waals surface area contributed by atoms with E-state index >= 15 is 0 Å². The summed E-state index contributed by atoms with van der Waals surface area (Å²) in [4.78, 5) is 3.54. The third-order valence-electron chi connectivity index (χ3n) is 1.51. The minimum atomic E-state index is -4.99. The quantitative estimate of drug-likeness (QED) is 0.552. The van der Waals surface area contributed by atoms with Crippen molar-refractivity contribution >= 4 is 35.3 Å². The molecule has 0 fully saturated rings. The van der Waals surface area contributed by atoms with Gasteiger partial charge in [-0.3, -0.25) is 0 Å². The molecular formula is C5H2BF3KN3S. The van der Waals surface area contributed by atoms with Crippen LogP contribution in [0.2, 0.25) is 0 Å². The summed E-state index contributed by atoms with van der Waals surface area (Å²) < 4.78 is 44.0. The van der Waals surface area contributed by atoms with Gasteiger partial charge in [0.2, 0.25) is 0 Å². The van der Waals surface area contributed by atoms with Crippen LogP contribution in [0.3, 0.4) is 0 Å². The predicted octanol–water partition coefficient (Wildman–Crippen LogP) is -1.86. The third kappa shape index (κ3) is 2.53. The van der Waals surface area contributed by atoms with E-state index in [-0.39, 0.29) is 62.5 Å². The molecule has 0 unspecified atom stereocenters. The van der Waals surface area contributed by atoms with E-state index in [1.807, 2.05) is 0 Å². The Labute approximate surface area is 124 Å². The largest absolute Gasteiger partial charge is 1.00 e. The number of hydrogen-bond acceptors (Lipinski definition) is 4. The summed E-state index contributed by atoms with van der Waals surface area (Å²) in [5.74, 6) is 0. The molecule has 0 atom stereocenters. The van der Waals surface area contributed by atoms with Crippen LogP contribution in [0.15, 0.2) is 12.3 Å². The molecule has 0 bridgehead atoms. The Kier molecular flexibility index (Phi) is 4.06. The minimum absolute atomic E-state index is 0. The van der Waals surface area contributed by atoms with Crippen molar-refractivity contribution < 1.29 is 64.3 Å². The number of nitrogens with zero attached hydrogens (tertiary/aromatic N) is 3. The number of hydrogen-bond donors (Lipinski definition) is 0.